The summed E-state index contributed by atoms with van der Waals surface area (Å²) >= 11 is 0. The molecule has 1 aliphatic heterocycles. The van der Waals surface area contributed by atoms with E-state index in [0.29, 0.717) is 24.5 Å². The number of rotatable bonds is 4. The van der Waals surface area contributed by atoms with Crippen LogP contribution in [-0.4, -0.2) is 32.1 Å². The predicted octanol–water partition coefficient (Wildman–Crippen LogP) is 2.96. The highest BCUT2D eigenvalue weighted by molar-refractivity contribution is 5.82. The Morgan fingerprint density at radius 2 is 1.96 bits per heavy atom. The van der Waals surface area contributed by atoms with Gasteiger partial charge in [-0.1, -0.05) is 42.5 Å². The molecule has 6 heteroatoms. The van der Waals surface area contributed by atoms with Crippen LogP contribution in [0.15, 0.2) is 54.6 Å². The summed E-state index contributed by atoms with van der Waals surface area (Å²) in [4.78, 5) is 14.8. The molecule has 2 aromatic carbocycles. The molecule has 4 rings (SSSR count). The van der Waals surface area contributed by atoms with Gasteiger partial charge in [-0.2, -0.15) is 5.26 Å². The van der Waals surface area contributed by atoms with Crippen LogP contribution in [0.25, 0.3) is 11.4 Å². The summed E-state index contributed by atoms with van der Waals surface area (Å²) in [5, 5.41) is 17.7. The molecule has 0 bridgehead atoms. The van der Waals surface area contributed by atoms with Crippen LogP contribution in [0.5, 0.6) is 0 Å². The number of amides is 1. The Hall–Kier alpha value is -3.46. The Bertz CT molecular complexity index is 1020. The van der Waals surface area contributed by atoms with Crippen LogP contribution in [0.3, 0.4) is 0 Å². The number of hydrogen-bond donors (Lipinski definition) is 0. The average Bonchev–Trinajstić information content (AvgIpc) is 3.14. The molecule has 134 valence electrons. The second-order valence-electron chi connectivity index (χ2n) is 6.67. The lowest BCUT2D eigenvalue weighted by Gasteiger charge is -2.32. The van der Waals surface area contributed by atoms with Crippen molar-refractivity contribution in [2.24, 2.45) is 0 Å². The number of aromatic nitrogens is 3. The second kappa shape index (κ2) is 7.04. The number of nitriles is 1. The highest BCUT2D eigenvalue weighted by Gasteiger charge is 2.33. The van der Waals surface area contributed by atoms with E-state index in [4.69, 9.17) is 5.26 Å². The highest BCUT2D eigenvalue weighted by atomic mass is 16.2. The van der Waals surface area contributed by atoms with Gasteiger partial charge in [-0.25, -0.2) is 0 Å². The number of nitrogens with zero attached hydrogens (tertiary/aromatic N) is 5. The zero-order chi connectivity index (χ0) is 18.8. The monoisotopic (exact) mass is 357 g/mol. The van der Waals surface area contributed by atoms with Gasteiger partial charge in [-0.15, -0.1) is 10.2 Å². The number of carbonyl (C=O) groups is 1. The van der Waals surface area contributed by atoms with E-state index in [1.807, 2.05) is 46.7 Å². The van der Waals surface area contributed by atoms with E-state index in [2.05, 4.69) is 28.4 Å². The quantitative estimate of drug-likeness (QED) is 0.719. The van der Waals surface area contributed by atoms with Gasteiger partial charge in [0.25, 0.3) is 0 Å². The summed E-state index contributed by atoms with van der Waals surface area (Å²) in [6.07, 6.45) is 0.810. The van der Waals surface area contributed by atoms with Gasteiger partial charge < -0.3 is 4.90 Å². The van der Waals surface area contributed by atoms with Crippen LogP contribution in [0.1, 0.15) is 29.9 Å². The Morgan fingerprint density at radius 1 is 1.15 bits per heavy atom. The first-order chi connectivity index (χ1) is 13.2. The van der Waals surface area contributed by atoms with Crippen LogP contribution in [0, 0.1) is 11.3 Å². The molecule has 0 N–H and O–H groups in total. The third-order valence-corrected chi connectivity index (χ3v) is 4.92. The first-order valence-electron chi connectivity index (χ1n) is 8.94. The minimum atomic E-state index is -0.375. The van der Waals surface area contributed by atoms with Crippen molar-refractivity contribution >= 4 is 5.91 Å². The molecule has 0 spiro atoms. The molecular formula is C21H19N5O. The highest BCUT2D eigenvalue weighted by Crippen LogP contribution is 2.28. The fourth-order valence-electron chi connectivity index (χ4n) is 3.48. The van der Waals surface area contributed by atoms with Crippen LogP contribution >= 0.6 is 0 Å². The third kappa shape index (κ3) is 3.20. The van der Waals surface area contributed by atoms with Crippen molar-refractivity contribution in [1.29, 1.82) is 5.26 Å². The van der Waals surface area contributed by atoms with Crippen molar-refractivity contribution in [3.63, 3.8) is 0 Å². The number of carbonyl (C=O) groups excluding carboxylic acids is 1. The Morgan fingerprint density at radius 3 is 2.74 bits per heavy atom. The van der Waals surface area contributed by atoms with Crippen LogP contribution in [0.4, 0.5) is 0 Å². The standard InChI is InChI=1S/C21H19N5O/c1-15-21(27)25(11-10-16-6-3-2-4-7-16)14-19-23-24-20(26(15)19)18-9-5-8-17(12-18)13-22/h2-9,12,15H,10-11,14H2,1H3/t15-/m0/s1. The van der Waals surface area contributed by atoms with E-state index in [9.17, 15) is 4.79 Å². The maximum Gasteiger partial charge on any atom is 0.245 e. The lowest BCUT2D eigenvalue weighted by atomic mass is 10.1. The molecule has 0 saturated carbocycles. The topological polar surface area (TPSA) is 74.8 Å². The summed E-state index contributed by atoms with van der Waals surface area (Å²) in [6.45, 7) is 2.97. The molecule has 0 unspecified atom stereocenters. The summed E-state index contributed by atoms with van der Waals surface area (Å²) < 4.78 is 1.89. The zero-order valence-corrected chi connectivity index (χ0v) is 15.0. The second-order valence-corrected chi connectivity index (χ2v) is 6.67. The molecule has 1 atom stereocenters. The summed E-state index contributed by atoms with van der Waals surface area (Å²) in [5.41, 5.74) is 2.56. The van der Waals surface area contributed by atoms with Gasteiger partial charge in [0.15, 0.2) is 11.6 Å². The first kappa shape index (κ1) is 17.0. The molecule has 27 heavy (non-hydrogen) atoms. The lowest BCUT2D eigenvalue weighted by molar-refractivity contribution is -0.136. The van der Waals surface area contributed by atoms with E-state index < -0.39 is 0 Å². The Kier molecular flexibility index (Phi) is 4.43. The van der Waals surface area contributed by atoms with E-state index in [1.54, 1.807) is 12.1 Å². The van der Waals surface area contributed by atoms with E-state index >= 15 is 0 Å². The Labute approximate surface area is 157 Å². The van der Waals surface area contributed by atoms with Crippen molar-refractivity contribution < 1.29 is 4.79 Å². The predicted molar refractivity (Wildman–Crippen MR) is 100 cm³/mol. The van der Waals surface area contributed by atoms with Crippen LogP contribution < -0.4 is 0 Å². The van der Waals surface area contributed by atoms with Gasteiger partial charge in [0.05, 0.1) is 18.2 Å². The average molecular weight is 357 g/mol. The summed E-state index contributed by atoms with van der Waals surface area (Å²) in [5.74, 6) is 1.47. The molecule has 3 aromatic rings. The van der Waals surface area contributed by atoms with Gasteiger partial charge in [0.2, 0.25) is 5.91 Å². The first-order valence-corrected chi connectivity index (χ1v) is 8.94. The van der Waals surface area contributed by atoms with Gasteiger partial charge in [-0.05, 0) is 31.0 Å². The van der Waals surface area contributed by atoms with Gasteiger partial charge in [0.1, 0.15) is 6.04 Å². The number of benzene rings is 2. The lowest BCUT2D eigenvalue weighted by Crippen LogP contribution is -2.42. The largest absolute Gasteiger partial charge is 0.333 e. The molecule has 0 saturated heterocycles. The molecule has 0 fully saturated rings. The molecular weight excluding hydrogens is 338 g/mol. The fraction of sp³-hybridized carbons (Fsp3) is 0.238. The van der Waals surface area contributed by atoms with E-state index in [1.165, 1.54) is 5.56 Å². The molecule has 1 aliphatic rings. The normalized spacial score (nSPS) is 16.1. The zero-order valence-electron chi connectivity index (χ0n) is 15.0. The summed E-state index contributed by atoms with van der Waals surface area (Å²) in [6, 6.07) is 19.1. The fourth-order valence-corrected chi connectivity index (χ4v) is 3.48. The molecule has 1 aromatic heterocycles. The van der Waals surface area contributed by atoms with E-state index in [0.717, 1.165) is 17.8 Å². The SMILES string of the molecule is C[C@H]1C(=O)N(CCc2ccccc2)Cc2nnc(-c3cccc(C#N)c3)n21. The molecule has 6 nitrogen and oxygen atoms in total. The number of fused-ring (bicyclic) bond motifs is 1. The molecule has 0 aliphatic carbocycles. The molecule has 1 amide bonds. The van der Waals surface area contributed by atoms with Crippen molar-refractivity contribution in [2.45, 2.75) is 25.9 Å². The van der Waals surface area contributed by atoms with Crippen molar-refractivity contribution in [1.82, 2.24) is 19.7 Å². The van der Waals surface area contributed by atoms with Crippen molar-refractivity contribution in [3.05, 3.63) is 71.5 Å². The Balaban J connectivity index is 1.59. The third-order valence-electron chi connectivity index (χ3n) is 4.92. The van der Waals surface area contributed by atoms with Crippen molar-refractivity contribution in [3.8, 4) is 17.5 Å². The smallest absolute Gasteiger partial charge is 0.245 e. The van der Waals surface area contributed by atoms with Gasteiger partial charge in [0, 0.05) is 12.1 Å². The van der Waals surface area contributed by atoms with Gasteiger partial charge in [-0.3, -0.25) is 9.36 Å². The minimum absolute atomic E-state index is 0.0657. The van der Waals surface area contributed by atoms with Crippen LogP contribution in [0.2, 0.25) is 0 Å². The van der Waals surface area contributed by atoms with E-state index in [-0.39, 0.29) is 11.9 Å². The van der Waals surface area contributed by atoms with Crippen molar-refractivity contribution in [2.75, 3.05) is 6.54 Å². The molecule has 0 radical (unpaired) electrons. The maximum absolute atomic E-state index is 12.9. The minimum Gasteiger partial charge on any atom is -0.333 e. The number of hydrogen-bond acceptors (Lipinski definition) is 4. The van der Waals surface area contributed by atoms with Crippen LogP contribution in [-0.2, 0) is 17.8 Å². The van der Waals surface area contributed by atoms with Gasteiger partial charge >= 0.3 is 0 Å². The summed E-state index contributed by atoms with van der Waals surface area (Å²) in [7, 11) is 0. The maximum atomic E-state index is 12.9. The molecule has 2 heterocycles.